The van der Waals surface area contributed by atoms with Gasteiger partial charge in [0.25, 0.3) is 0 Å². The Hall–Kier alpha value is -1.95. The molecule has 5 nitrogen and oxygen atoms in total. The fraction of sp³-hybridized carbons (Fsp3) is 0.438. The maximum atomic E-state index is 12.2. The third kappa shape index (κ3) is 4.04. The summed E-state index contributed by atoms with van der Waals surface area (Å²) in [6, 6.07) is 7.87. The number of amides is 1. The summed E-state index contributed by atoms with van der Waals surface area (Å²) in [6.45, 7) is 6.49. The number of aromatic nitrogens is 2. The average molecular weight is 318 g/mol. The number of anilines is 2. The van der Waals surface area contributed by atoms with Crippen molar-refractivity contribution in [3.63, 3.8) is 0 Å². The van der Waals surface area contributed by atoms with Gasteiger partial charge in [-0.15, -0.1) is 10.2 Å². The molecule has 1 N–H and O–H groups in total. The highest BCUT2D eigenvalue weighted by Crippen LogP contribution is 2.24. The highest BCUT2D eigenvalue weighted by Gasteiger charge is 2.14. The smallest absolute Gasteiger partial charge is 0.243 e. The van der Waals surface area contributed by atoms with Crippen molar-refractivity contribution in [2.75, 3.05) is 23.8 Å². The van der Waals surface area contributed by atoms with Crippen LogP contribution in [0.25, 0.3) is 0 Å². The molecule has 2 aromatic rings. The summed E-state index contributed by atoms with van der Waals surface area (Å²) in [5.74, 6) is 0.301. The van der Waals surface area contributed by atoms with Crippen LogP contribution in [-0.2, 0) is 11.2 Å². The van der Waals surface area contributed by atoms with Crippen molar-refractivity contribution in [2.45, 2.75) is 33.1 Å². The number of benzene rings is 1. The summed E-state index contributed by atoms with van der Waals surface area (Å²) in [4.78, 5) is 14.0. The number of rotatable bonds is 6. The van der Waals surface area contributed by atoms with E-state index in [4.69, 9.17) is 0 Å². The lowest BCUT2D eigenvalue weighted by Gasteiger charge is -2.15. The number of hydrogen-bond donors (Lipinski definition) is 1. The van der Waals surface area contributed by atoms with E-state index in [1.165, 1.54) is 11.3 Å². The van der Waals surface area contributed by atoms with E-state index in [1.54, 1.807) is 0 Å². The van der Waals surface area contributed by atoms with E-state index in [0.717, 1.165) is 27.8 Å². The molecule has 1 heterocycles. The van der Waals surface area contributed by atoms with E-state index in [2.05, 4.69) is 36.3 Å². The van der Waals surface area contributed by atoms with E-state index in [0.29, 0.717) is 5.92 Å². The van der Waals surface area contributed by atoms with Crippen molar-refractivity contribution in [3.8, 4) is 0 Å². The molecule has 2 rings (SSSR count). The van der Waals surface area contributed by atoms with Crippen molar-refractivity contribution >= 4 is 28.1 Å². The van der Waals surface area contributed by atoms with Crippen LogP contribution < -0.4 is 10.2 Å². The molecule has 1 aromatic heterocycles. The lowest BCUT2D eigenvalue weighted by Crippen LogP contribution is -2.30. The van der Waals surface area contributed by atoms with Gasteiger partial charge in [-0.2, -0.15) is 0 Å². The minimum absolute atomic E-state index is 0.0512. The highest BCUT2D eigenvalue weighted by atomic mass is 32.1. The zero-order valence-electron chi connectivity index (χ0n) is 13.5. The molecule has 0 saturated carbocycles. The van der Waals surface area contributed by atoms with Gasteiger partial charge in [-0.05, 0) is 18.1 Å². The van der Waals surface area contributed by atoms with E-state index in [-0.39, 0.29) is 12.5 Å². The minimum Gasteiger partial charge on any atom is -0.340 e. The van der Waals surface area contributed by atoms with Crippen LogP contribution >= 0.6 is 11.3 Å². The van der Waals surface area contributed by atoms with Crippen LogP contribution in [-0.4, -0.2) is 29.7 Å². The van der Waals surface area contributed by atoms with Crippen molar-refractivity contribution in [1.82, 2.24) is 10.2 Å². The van der Waals surface area contributed by atoms with Crippen LogP contribution in [0.1, 0.15) is 37.3 Å². The van der Waals surface area contributed by atoms with Crippen LogP contribution in [0.15, 0.2) is 24.3 Å². The molecule has 0 atom stereocenters. The van der Waals surface area contributed by atoms with Gasteiger partial charge in [0.05, 0.1) is 6.54 Å². The highest BCUT2D eigenvalue weighted by molar-refractivity contribution is 7.15. The molecule has 0 fully saturated rings. The SMILES string of the molecule is CCc1ccccc1NC(=O)CN(C)c1nnc(C(C)C)s1. The molecular weight excluding hydrogens is 296 g/mol. The number of para-hydroxylation sites is 1. The summed E-state index contributed by atoms with van der Waals surface area (Å²) < 4.78 is 0. The van der Waals surface area contributed by atoms with Crippen molar-refractivity contribution in [3.05, 3.63) is 34.8 Å². The van der Waals surface area contributed by atoms with Crippen LogP contribution in [0, 0.1) is 0 Å². The van der Waals surface area contributed by atoms with Gasteiger partial charge >= 0.3 is 0 Å². The van der Waals surface area contributed by atoms with Crippen molar-refractivity contribution < 1.29 is 4.79 Å². The van der Waals surface area contributed by atoms with Gasteiger partial charge in [-0.3, -0.25) is 4.79 Å². The number of nitrogens with one attached hydrogen (secondary N) is 1. The fourth-order valence-electron chi connectivity index (χ4n) is 2.04. The number of aryl methyl sites for hydroxylation is 1. The molecule has 0 spiro atoms. The Morgan fingerprint density at radius 2 is 2.05 bits per heavy atom. The summed E-state index contributed by atoms with van der Waals surface area (Å²) in [5, 5.41) is 13.0. The molecule has 1 amide bonds. The summed E-state index contributed by atoms with van der Waals surface area (Å²) in [6.07, 6.45) is 0.889. The molecule has 6 heteroatoms. The van der Waals surface area contributed by atoms with Crippen LogP contribution in [0.5, 0.6) is 0 Å². The number of carbonyl (C=O) groups excluding carboxylic acids is 1. The third-order valence-corrected chi connectivity index (χ3v) is 4.64. The number of nitrogens with zero attached hydrogens (tertiary/aromatic N) is 3. The Kier molecular flexibility index (Phi) is 5.49. The molecule has 0 unspecified atom stereocenters. The van der Waals surface area contributed by atoms with Crippen molar-refractivity contribution in [2.24, 2.45) is 0 Å². The maximum absolute atomic E-state index is 12.2. The quantitative estimate of drug-likeness (QED) is 0.888. The molecule has 0 radical (unpaired) electrons. The molecule has 0 aliphatic rings. The van der Waals surface area contributed by atoms with E-state index < -0.39 is 0 Å². The average Bonchev–Trinajstić information content (AvgIpc) is 2.98. The minimum atomic E-state index is -0.0512. The first kappa shape index (κ1) is 16.4. The van der Waals surface area contributed by atoms with Crippen molar-refractivity contribution in [1.29, 1.82) is 0 Å². The first-order valence-corrected chi connectivity index (χ1v) is 8.25. The molecule has 0 aliphatic heterocycles. The van der Waals surface area contributed by atoms with Gasteiger partial charge in [0, 0.05) is 18.7 Å². The first-order chi connectivity index (χ1) is 10.5. The lowest BCUT2D eigenvalue weighted by atomic mass is 10.1. The van der Waals surface area contributed by atoms with E-state index in [9.17, 15) is 4.79 Å². The summed E-state index contributed by atoms with van der Waals surface area (Å²) >= 11 is 1.53. The lowest BCUT2D eigenvalue weighted by molar-refractivity contribution is -0.114. The summed E-state index contributed by atoms with van der Waals surface area (Å²) in [7, 11) is 1.86. The predicted octanol–water partition coefficient (Wildman–Crippen LogP) is 3.30. The van der Waals surface area contributed by atoms with E-state index >= 15 is 0 Å². The second-order valence-corrected chi connectivity index (χ2v) is 6.48. The Balaban J connectivity index is 1.98. The Labute approximate surface area is 135 Å². The van der Waals surface area contributed by atoms with Crippen LogP contribution in [0.4, 0.5) is 10.8 Å². The Bertz CT molecular complexity index is 639. The largest absolute Gasteiger partial charge is 0.340 e. The van der Waals surface area contributed by atoms with Gasteiger partial charge in [0.15, 0.2) is 0 Å². The van der Waals surface area contributed by atoms with Gasteiger partial charge in [0.2, 0.25) is 11.0 Å². The molecule has 0 bridgehead atoms. The molecule has 1 aromatic carbocycles. The maximum Gasteiger partial charge on any atom is 0.243 e. The Morgan fingerprint density at radius 3 is 2.68 bits per heavy atom. The molecule has 0 saturated heterocycles. The number of hydrogen-bond acceptors (Lipinski definition) is 5. The van der Waals surface area contributed by atoms with Crippen LogP contribution in [0.3, 0.4) is 0 Å². The standard InChI is InChI=1S/C16H22N4OS/c1-5-12-8-6-7-9-13(12)17-14(21)10-20(4)16-19-18-15(22-16)11(2)3/h6-9,11H,5,10H2,1-4H3,(H,17,21). The zero-order valence-corrected chi connectivity index (χ0v) is 14.3. The normalized spacial score (nSPS) is 10.8. The van der Waals surface area contributed by atoms with Gasteiger partial charge in [-0.1, -0.05) is 50.3 Å². The number of likely N-dealkylation sites (N-methyl/N-ethyl adjacent to an activating group) is 1. The van der Waals surface area contributed by atoms with E-state index in [1.807, 2.05) is 36.2 Å². The molecule has 0 aliphatic carbocycles. The predicted molar refractivity (Wildman–Crippen MR) is 91.7 cm³/mol. The Morgan fingerprint density at radius 1 is 1.32 bits per heavy atom. The van der Waals surface area contributed by atoms with Crippen LogP contribution in [0.2, 0.25) is 0 Å². The van der Waals surface area contributed by atoms with Gasteiger partial charge in [-0.25, -0.2) is 0 Å². The molecule has 22 heavy (non-hydrogen) atoms. The third-order valence-electron chi connectivity index (χ3n) is 3.30. The zero-order chi connectivity index (χ0) is 16.1. The summed E-state index contributed by atoms with van der Waals surface area (Å²) in [5.41, 5.74) is 2.01. The fourth-order valence-corrected chi connectivity index (χ4v) is 2.84. The monoisotopic (exact) mass is 318 g/mol. The van der Waals surface area contributed by atoms with Gasteiger partial charge in [0.1, 0.15) is 5.01 Å². The second-order valence-electron chi connectivity index (χ2n) is 5.49. The van der Waals surface area contributed by atoms with Gasteiger partial charge < -0.3 is 10.2 Å². The second kappa shape index (κ2) is 7.35. The number of carbonyl (C=O) groups is 1. The molecular formula is C16H22N4OS. The topological polar surface area (TPSA) is 58.1 Å². The molecule has 118 valence electrons. The first-order valence-electron chi connectivity index (χ1n) is 7.43.